The SMILES string of the molecule is C[C@H](NS(=O)(=O)c1cc2cc(F)ccc2o1)C(=O)NCc1cnnc(-c2ccc(C(F)(F)F)cc2)c1. The number of fused-ring (bicyclic) bond motifs is 1. The maximum atomic E-state index is 13.4. The number of furan rings is 1. The summed E-state index contributed by atoms with van der Waals surface area (Å²) in [4.78, 5) is 12.5. The monoisotopic (exact) mass is 522 g/mol. The Kier molecular flexibility index (Phi) is 6.78. The molecular formula is C23H18F4N4O4S. The van der Waals surface area contributed by atoms with E-state index in [-0.39, 0.29) is 17.5 Å². The molecule has 2 N–H and O–H groups in total. The normalized spacial score (nSPS) is 13.0. The zero-order chi connectivity index (χ0) is 26.1. The van der Waals surface area contributed by atoms with Crippen LogP contribution in [0.2, 0.25) is 0 Å². The molecule has 36 heavy (non-hydrogen) atoms. The lowest BCUT2D eigenvalue weighted by molar-refractivity contribution is -0.137. The molecule has 0 spiro atoms. The summed E-state index contributed by atoms with van der Waals surface area (Å²) < 4.78 is 84.3. The third kappa shape index (κ3) is 5.69. The number of sulfonamides is 1. The number of hydrogen-bond donors (Lipinski definition) is 2. The van der Waals surface area contributed by atoms with Gasteiger partial charge in [-0.1, -0.05) is 12.1 Å². The molecule has 4 aromatic rings. The van der Waals surface area contributed by atoms with E-state index in [0.29, 0.717) is 16.8 Å². The van der Waals surface area contributed by atoms with Crippen molar-refractivity contribution >= 4 is 26.9 Å². The molecule has 1 amide bonds. The molecule has 0 radical (unpaired) electrons. The van der Waals surface area contributed by atoms with E-state index in [1.165, 1.54) is 37.4 Å². The first-order valence-electron chi connectivity index (χ1n) is 10.4. The van der Waals surface area contributed by atoms with Gasteiger partial charge in [0.1, 0.15) is 11.4 Å². The Bertz CT molecular complexity index is 1520. The minimum absolute atomic E-state index is 0.0437. The number of amides is 1. The van der Waals surface area contributed by atoms with Crippen LogP contribution in [0.15, 0.2) is 70.3 Å². The second-order valence-electron chi connectivity index (χ2n) is 7.83. The third-order valence-electron chi connectivity index (χ3n) is 5.13. The van der Waals surface area contributed by atoms with E-state index in [2.05, 4.69) is 20.2 Å². The minimum Gasteiger partial charge on any atom is -0.443 e. The van der Waals surface area contributed by atoms with Crippen LogP contribution in [0.1, 0.15) is 18.1 Å². The lowest BCUT2D eigenvalue weighted by atomic mass is 10.1. The van der Waals surface area contributed by atoms with Gasteiger partial charge in [0.25, 0.3) is 10.0 Å². The third-order valence-corrected chi connectivity index (χ3v) is 6.53. The van der Waals surface area contributed by atoms with Gasteiger partial charge in [0, 0.05) is 23.6 Å². The van der Waals surface area contributed by atoms with Gasteiger partial charge in [0.2, 0.25) is 11.0 Å². The molecule has 0 aliphatic carbocycles. The molecule has 0 saturated carbocycles. The van der Waals surface area contributed by atoms with Gasteiger partial charge in [-0.3, -0.25) is 4.79 Å². The molecule has 0 saturated heterocycles. The molecular weight excluding hydrogens is 504 g/mol. The number of aromatic nitrogens is 2. The average molecular weight is 522 g/mol. The molecule has 1 atom stereocenters. The number of nitrogens with zero attached hydrogens (tertiary/aromatic N) is 2. The summed E-state index contributed by atoms with van der Waals surface area (Å²) in [6, 6.07) is 9.42. The van der Waals surface area contributed by atoms with Gasteiger partial charge in [-0.2, -0.15) is 28.1 Å². The van der Waals surface area contributed by atoms with Gasteiger partial charge in [-0.25, -0.2) is 12.8 Å². The van der Waals surface area contributed by atoms with Crippen molar-refractivity contribution in [3.8, 4) is 11.3 Å². The fourth-order valence-corrected chi connectivity index (χ4v) is 4.45. The largest absolute Gasteiger partial charge is 0.443 e. The molecule has 4 rings (SSSR count). The van der Waals surface area contributed by atoms with Crippen molar-refractivity contribution in [3.05, 3.63) is 77.7 Å². The highest BCUT2D eigenvalue weighted by atomic mass is 32.2. The minimum atomic E-state index is -4.46. The first-order chi connectivity index (χ1) is 16.9. The van der Waals surface area contributed by atoms with E-state index in [1.54, 1.807) is 0 Å². The Hall–Kier alpha value is -3.84. The molecule has 2 aromatic heterocycles. The van der Waals surface area contributed by atoms with E-state index < -0.39 is 44.6 Å². The molecule has 0 bridgehead atoms. The summed E-state index contributed by atoms with van der Waals surface area (Å²) in [6.07, 6.45) is -3.10. The van der Waals surface area contributed by atoms with Gasteiger partial charge in [0.15, 0.2) is 0 Å². The number of nitrogens with one attached hydrogen (secondary N) is 2. The Morgan fingerprint density at radius 3 is 2.50 bits per heavy atom. The molecule has 0 fully saturated rings. The standard InChI is InChI=1S/C23H18F4N4O4S/c1-13(31-36(33,34)21-10-16-9-18(24)6-7-20(16)35-21)22(32)28-11-14-8-19(30-29-12-14)15-2-4-17(5-3-15)23(25,26)27/h2-10,12-13,31H,11H2,1H3,(H,28,32)/t13-/m0/s1. The van der Waals surface area contributed by atoms with E-state index in [1.807, 2.05) is 0 Å². The van der Waals surface area contributed by atoms with E-state index in [0.717, 1.165) is 30.3 Å². The summed E-state index contributed by atoms with van der Waals surface area (Å²) in [7, 11) is -4.22. The van der Waals surface area contributed by atoms with Gasteiger partial charge in [-0.15, -0.1) is 0 Å². The zero-order valence-electron chi connectivity index (χ0n) is 18.5. The number of carbonyl (C=O) groups is 1. The van der Waals surface area contributed by atoms with Crippen molar-refractivity contribution in [2.24, 2.45) is 0 Å². The highest BCUT2D eigenvalue weighted by molar-refractivity contribution is 7.89. The molecule has 13 heteroatoms. The molecule has 188 valence electrons. The number of hydrogen-bond acceptors (Lipinski definition) is 6. The van der Waals surface area contributed by atoms with Crippen LogP contribution in [-0.2, 0) is 27.5 Å². The first kappa shape index (κ1) is 25.3. The number of halogens is 4. The van der Waals surface area contributed by atoms with Crippen LogP contribution in [0.25, 0.3) is 22.2 Å². The predicted octanol–water partition coefficient (Wildman–Crippen LogP) is 4.03. The van der Waals surface area contributed by atoms with Crippen molar-refractivity contribution in [1.82, 2.24) is 20.2 Å². The number of benzene rings is 2. The Labute approximate surface area is 202 Å². The van der Waals surface area contributed by atoms with Crippen LogP contribution < -0.4 is 10.0 Å². The van der Waals surface area contributed by atoms with Gasteiger partial charge in [-0.05, 0) is 48.9 Å². The molecule has 0 aliphatic rings. The summed E-state index contributed by atoms with van der Waals surface area (Å²) in [5.41, 5.74) is 0.556. The van der Waals surface area contributed by atoms with Crippen LogP contribution in [0.5, 0.6) is 0 Å². The molecule has 2 aromatic carbocycles. The lowest BCUT2D eigenvalue weighted by Gasteiger charge is -2.13. The second-order valence-corrected chi connectivity index (χ2v) is 9.48. The van der Waals surface area contributed by atoms with Crippen molar-refractivity contribution in [1.29, 1.82) is 0 Å². The summed E-state index contributed by atoms with van der Waals surface area (Å²) in [5, 5.41) is 10.0. The quantitative estimate of drug-likeness (QED) is 0.354. The predicted molar refractivity (Wildman–Crippen MR) is 120 cm³/mol. The smallest absolute Gasteiger partial charge is 0.416 e. The topological polar surface area (TPSA) is 114 Å². The maximum Gasteiger partial charge on any atom is 0.416 e. The fourth-order valence-electron chi connectivity index (χ4n) is 3.28. The molecule has 0 aliphatic heterocycles. The Morgan fingerprint density at radius 1 is 1.08 bits per heavy atom. The van der Waals surface area contributed by atoms with Gasteiger partial charge < -0.3 is 9.73 Å². The average Bonchev–Trinajstić information content (AvgIpc) is 3.26. The summed E-state index contributed by atoms with van der Waals surface area (Å²) >= 11 is 0. The summed E-state index contributed by atoms with van der Waals surface area (Å²) in [6.45, 7) is 1.28. The van der Waals surface area contributed by atoms with Crippen LogP contribution in [0.4, 0.5) is 17.6 Å². The zero-order valence-corrected chi connectivity index (χ0v) is 19.3. The van der Waals surface area contributed by atoms with Crippen molar-refractivity contribution < 1.29 is 35.2 Å². The highest BCUT2D eigenvalue weighted by Gasteiger charge is 2.30. The van der Waals surface area contributed by atoms with Crippen LogP contribution in [0.3, 0.4) is 0 Å². The lowest BCUT2D eigenvalue weighted by Crippen LogP contribution is -2.44. The van der Waals surface area contributed by atoms with E-state index >= 15 is 0 Å². The maximum absolute atomic E-state index is 13.4. The Balaban J connectivity index is 1.39. The van der Waals surface area contributed by atoms with Crippen molar-refractivity contribution in [3.63, 3.8) is 0 Å². The highest BCUT2D eigenvalue weighted by Crippen LogP contribution is 2.30. The number of carbonyl (C=O) groups excluding carboxylic acids is 1. The second kappa shape index (κ2) is 9.66. The van der Waals surface area contributed by atoms with Crippen LogP contribution in [-0.4, -0.2) is 30.6 Å². The van der Waals surface area contributed by atoms with Crippen LogP contribution >= 0.6 is 0 Å². The first-order valence-corrected chi connectivity index (χ1v) is 11.9. The fraction of sp³-hybridized carbons (Fsp3) is 0.174. The van der Waals surface area contributed by atoms with E-state index in [9.17, 15) is 30.8 Å². The molecule has 2 heterocycles. The summed E-state index contributed by atoms with van der Waals surface area (Å²) in [5.74, 6) is -1.21. The number of rotatable bonds is 7. The number of alkyl halides is 3. The molecule has 0 unspecified atom stereocenters. The van der Waals surface area contributed by atoms with Crippen molar-refractivity contribution in [2.45, 2.75) is 30.8 Å². The van der Waals surface area contributed by atoms with E-state index in [4.69, 9.17) is 4.42 Å². The van der Waals surface area contributed by atoms with Crippen LogP contribution in [0, 0.1) is 5.82 Å². The Morgan fingerprint density at radius 2 is 1.81 bits per heavy atom. The van der Waals surface area contributed by atoms with Crippen molar-refractivity contribution in [2.75, 3.05) is 0 Å². The molecule has 8 nitrogen and oxygen atoms in total. The van der Waals surface area contributed by atoms with Gasteiger partial charge >= 0.3 is 6.18 Å². The van der Waals surface area contributed by atoms with Gasteiger partial charge in [0.05, 0.1) is 23.5 Å².